The molecule has 0 aliphatic heterocycles. The van der Waals surface area contributed by atoms with Crippen LogP contribution in [0.15, 0.2) is 12.2 Å². The number of ether oxygens (including phenoxy) is 1. The minimum Gasteiger partial charge on any atom is -0.478 e. The van der Waals surface area contributed by atoms with Gasteiger partial charge in [0.1, 0.15) is 6.61 Å². The van der Waals surface area contributed by atoms with E-state index in [-0.39, 0.29) is 19.8 Å². The van der Waals surface area contributed by atoms with Crippen molar-refractivity contribution >= 4 is 11.9 Å². The lowest BCUT2D eigenvalue weighted by molar-refractivity contribution is -0.139. The lowest BCUT2D eigenvalue weighted by Crippen LogP contribution is -2.33. The van der Waals surface area contributed by atoms with Gasteiger partial charge in [-0.25, -0.2) is 9.59 Å². The first-order valence-electron chi connectivity index (χ1n) is 5.12. The fourth-order valence-corrected chi connectivity index (χ4v) is 1.08. The molecule has 0 aromatic rings. The summed E-state index contributed by atoms with van der Waals surface area (Å²) < 4.78 is 4.72. The van der Waals surface area contributed by atoms with Crippen LogP contribution in [-0.2, 0) is 14.3 Å². The summed E-state index contributed by atoms with van der Waals surface area (Å²) in [6.07, 6.45) is 1.52. The van der Waals surface area contributed by atoms with Gasteiger partial charge >= 0.3 is 11.9 Å². The van der Waals surface area contributed by atoms with Crippen molar-refractivity contribution in [2.75, 3.05) is 39.5 Å². The number of nitrogens with zero attached hydrogens (tertiary/aromatic N) is 1. The third-order valence-electron chi connectivity index (χ3n) is 1.85. The molecule has 0 radical (unpaired) electrons. The van der Waals surface area contributed by atoms with E-state index in [0.29, 0.717) is 25.7 Å². The lowest BCUT2D eigenvalue weighted by atomic mass is 10.4. The van der Waals surface area contributed by atoms with E-state index in [1.807, 2.05) is 0 Å². The zero-order valence-electron chi connectivity index (χ0n) is 9.41. The van der Waals surface area contributed by atoms with Crippen LogP contribution >= 0.6 is 0 Å². The third kappa shape index (κ3) is 9.49. The van der Waals surface area contributed by atoms with Crippen LogP contribution in [0.3, 0.4) is 0 Å². The van der Waals surface area contributed by atoms with Gasteiger partial charge in [0, 0.05) is 31.8 Å². The van der Waals surface area contributed by atoms with Gasteiger partial charge in [-0.3, -0.25) is 4.90 Å². The van der Waals surface area contributed by atoms with E-state index < -0.39 is 11.9 Å². The number of esters is 1. The Morgan fingerprint density at radius 1 is 1.06 bits per heavy atom. The molecule has 0 saturated heterocycles. The van der Waals surface area contributed by atoms with E-state index >= 15 is 0 Å². The van der Waals surface area contributed by atoms with Gasteiger partial charge in [-0.15, -0.1) is 0 Å². The van der Waals surface area contributed by atoms with Gasteiger partial charge < -0.3 is 20.1 Å². The molecule has 98 valence electrons. The monoisotopic (exact) mass is 247 g/mol. The molecule has 3 N–H and O–H groups in total. The van der Waals surface area contributed by atoms with Crippen molar-refractivity contribution in [2.24, 2.45) is 0 Å². The molecule has 0 spiro atoms. The van der Waals surface area contributed by atoms with Gasteiger partial charge in [0.2, 0.25) is 0 Å². The summed E-state index contributed by atoms with van der Waals surface area (Å²) in [6, 6.07) is 0. The number of carbonyl (C=O) groups is 2. The number of aliphatic hydroxyl groups is 2. The maximum atomic E-state index is 11.0. The van der Waals surface area contributed by atoms with Gasteiger partial charge in [-0.2, -0.15) is 0 Å². The van der Waals surface area contributed by atoms with Gasteiger partial charge in [0.15, 0.2) is 0 Å². The number of aliphatic carboxylic acids is 1. The average molecular weight is 247 g/mol. The molecule has 0 bridgehead atoms. The number of carboxylic acids is 1. The number of carboxylic acid groups (broad SMARTS) is 1. The second-order valence-electron chi connectivity index (χ2n) is 3.13. The fourth-order valence-electron chi connectivity index (χ4n) is 1.08. The summed E-state index contributed by atoms with van der Waals surface area (Å²) in [7, 11) is 0. The normalized spacial score (nSPS) is 11.0. The molecule has 17 heavy (non-hydrogen) atoms. The Hall–Kier alpha value is -1.44. The first-order valence-corrected chi connectivity index (χ1v) is 5.12. The Labute approximate surface area is 98.9 Å². The maximum absolute atomic E-state index is 11.0. The van der Waals surface area contributed by atoms with Crippen LogP contribution in [-0.4, -0.2) is 71.6 Å². The van der Waals surface area contributed by atoms with Gasteiger partial charge in [0.25, 0.3) is 0 Å². The zero-order chi connectivity index (χ0) is 13.1. The Morgan fingerprint density at radius 2 is 1.65 bits per heavy atom. The van der Waals surface area contributed by atoms with Gasteiger partial charge in [0.05, 0.1) is 13.2 Å². The van der Waals surface area contributed by atoms with Crippen molar-refractivity contribution < 1.29 is 29.6 Å². The highest BCUT2D eigenvalue weighted by Crippen LogP contribution is 1.89. The quantitative estimate of drug-likeness (QED) is 0.334. The Balaban J connectivity index is 3.79. The molecule has 0 unspecified atom stereocenters. The Morgan fingerprint density at radius 3 is 2.12 bits per heavy atom. The van der Waals surface area contributed by atoms with Crippen LogP contribution in [0.2, 0.25) is 0 Å². The second kappa shape index (κ2) is 9.76. The van der Waals surface area contributed by atoms with Crippen molar-refractivity contribution in [3.63, 3.8) is 0 Å². The maximum Gasteiger partial charge on any atom is 0.331 e. The van der Waals surface area contributed by atoms with Crippen LogP contribution in [0, 0.1) is 0 Å². The molecule has 0 aromatic heterocycles. The molecule has 7 nitrogen and oxygen atoms in total. The third-order valence-corrected chi connectivity index (χ3v) is 1.85. The molecule has 0 heterocycles. The van der Waals surface area contributed by atoms with Crippen molar-refractivity contribution in [1.29, 1.82) is 0 Å². The molecule has 0 fully saturated rings. The van der Waals surface area contributed by atoms with E-state index in [0.717, 1.165) is 6.08 Å². The summed E-state index contributed by atoms with van der Waals surface area (Å²) in [6.45, 7) is 1.10. The van der Waals surface area contributed by atoms with Crippen LogP contribution in [0.25, 0.3) is 0 Å². The SMILES string of the molecule is O=C(O)/C=C\C(=O)OCCN(CCO)CCO. The smallest absolute Gasteiger partial charge is 0.331 e. The average Bonchev–Trinajstić information content (AvgIpc) is 2.27. The van der Waals surface area contributed by atoms with Crippen LogP contribution in [0.4, 0.5) is 0 Å². The first kappa shape index (κ1) is 15.6. The standard InChI is InChI=1S/C10H17NO6/c12-6-3-11(4-7-13)5-8-17-10(16)2-1-9(14)15/h1-2,12-13H,3-8H2,(H,14,15)/b2-1-. The summed E-state index contributed by atoms with van der Waals surface area (Å²) in [4.78, 5) is 22.8. The number of rotatable bonds is 9. The lowest BCUT2D eigenvalue weighted by Gasteiger charge is -2.19. The molecule has 0 rings (SSSR count). The van der Waals surface area contributed by atoms with E-state index in [9.17, 15) is 9.59 Å². The number of carbonyl (C=O) groups excluding carboxylic acids is 1. The minimum absolute atomic E-state index is 0.0487. The molecular formula is C10H17NO6. The molecule has 0 atom stereocenters. The fraction of sp³-hybridized carbons (Fsp3) is 0.600. The highest BCUT2D eigenvalue weighted by Gasteiger charge is 2.04. The highest BCUT2D eigenvalue weighted by atomic mass is 16.5. The number of aliphatic hydroxyl groups excluding tert-OH is 2. The largest absolute Gasteiger partial charge is 0.478 e. The number of hydrogen-bond acceptors (Lipinski definition) is 6. The summed E-state index contributed by atoms with van der Waals surface area (Å²) in [5.74, 6) is -1.95. The molecule has 7 heteroatoms. The Kier molecular flexibility index (Phi) is 8.94. The summed E-state index contributed by atoms with van der Waals surface area (Å²) in [5.41, 5.74) is 0. The molecule has 0 aromatic carbocycles. The molecule has 0 amide bonds. The van der Waals surface area contributed by atoms with E-state index in [4.69, 9.17) is 20.1 Å². The predicted molar refractivity (Wildman–Crippen MR) is 58.3 cm³/mol. The second-order valence-corrected chi connectivity index (χ2v) is 3.13. The highest BCUT2D eigenvalue weighted by molar-refractivity contribution is 5.90. The molecule has 0 aliphatic rings. The van der Waals surface area contributed by atoms with E-state index in [2.05, 4.69) is 0 Å². The molecule has 0 aliphatic carbocycles. The van der Waals surface area contributed by atoms with Gasteiger partial charge in [-0.05, 0) is 0 Å². The number of hydrogen-bond donors (Lipinski definition) is 3. The Bertz CT molecular complexity index is 260. The topological polar surface area (TPSA) is 107 Å². The van der Waals surface area contributed by atoms with Crippen molar-refractivity contribution in [3.8, 4) is 0 Å². The minimum atomic E-state index is -1.22. The van der Waals surface area contributed by atoms with Crippen LogP contribution in [0.1, 0.15) is 0 Å². The zero-order valence-corrected chi connectivity index (χ0v) is 9.41. The van der Waals surface area contributed by atoms with Crippen molar-refractivity contribution in [1.82, 2.24) is 4.90 Å². The summed E-state index contributed by atoms with van der Waals surface area (Å²) >= 11 is 0. The van der Waals surface area contributed by atoms with Crippen LogP contribution < -0.4 is 0 Å². The van der Waals surface area contributed by atoms with Crippen molar-refractivity contribution in [3.05, 3.63) is 12.2 Å². The van der Waals surface area contributed by atoms with E-state index in [1.54, 1.807) is 4.90 Å². The van der Waals surface area contributed by atoms with Crippen molar-refractivity contribution in [2.45, 2.75) is 0 Å². The predicted octanol–water partition coefficient (Wildman–Crippen LogP) is -1.54. The first-order chi connectivity index (χ1) is 8.10. The van der Waals surface area contributed by atoms with E-state index in [1.165, 1.54) is 0 Å². The van der Waals surface area contributed by atoms with Gasteiger partial charge in [-0.1, -0.05) is 0 Å². The molecular weight excluding hydrogens is 230 g/mol. The summed E-state index contributed by atoms with van der Waals surface area (Å²) in [5, 5.41) is 25.7. The molecule has 0 saturated carbocycles. The van der Waals surface area contributed by atoms with Crippen LogP contribution in [0.5, 0.6) is 0 Å².